The van der Waals surface area contributed by atoms with Gasteiger partial charge in [0.1, 0.15) is 5.75 Å². The van der Waals surface area contributed by atoms with Crippen LogP contribution in [0.4, 0.5) is 5.69 Å². The van der Waals surface area contributed by atoms with Gasteiger partial charge < -0.3 is 20.9 Å². The number of amides is 1. The summed E-state index contributed by atoms with van der Waals surface area (Å²) in [6, 6.07) is 11.0. The topological polar surface area (TPSA) is 105 Å². The number of para-hydroxylation sites is 1. The number of nitrogen functional groups attached to an aromatic ring is 1. The molecule has 0 bridgehead atoms. The normalized spacial score (nSPS) is 9.95. The van der Waals surface area contributed by atoms with Gasteiger partial charge in [0.05, 0.1) is 23.9 Å². The molecule has 0 aromatic heterocycles. The van der Waals surface area contributed by atoms with Gasteiger partial charge in [-0.25, -0.2) is 4.79 Å². The molecule has 0 aliphatic heterocycles. The van der Waals surface area contributed by atoms with Crippen LogP contribution in [-0.4, -0.2) is 19.0 Å². The van der Waals surface area contributed by atoms with E-state index in [1.807, 2.05) is 0 Å². The van der Waals surface area contributed by atoms with Crippen LogP contribution in [0.3, 0.4) is 0 Å². The number of rotatable bonds is 4. The molecule has 2 rings (SSSR count). The van der Waals surface area contributed by atoms with Crippen molar-refractivity contribution in [2.24, 2.45) is 5.73 Å². The van der Waals surface area contributed by atoms with Gasteiger partial charge in [0.2, 0.25) is 0 Å². The molecule has 0 saturated heterocycles. The van der Waals surface area contributed by atoms with E-state index < -0.39 is 11.9 Å². The van der Waals surface area contributed by atoms with Gasteiger partial charge in [0.15, 0.2) is 5.75 Å². The smallest absolute Gasteiger partial charge is 0.337 e. The molecule has 0 heterocycles. The lowest BCUT2D eigenvalue weighted by atomic mass is 10.1. The second-order valence-corrected chi connectivity index (χ2v) is 4.21. The van der Waals surface area contributed by atoms with Gasteiger partial charge in [-0.1, -0.05) is 12.1 Å². The maximum atomic E-state index is 11.5. The summed E-state index contributed by atoms with van der Waals surface area (Å²) in [5.41, 5.74) is 11.9. The van der Waals surface area contributed by atoms with Gasteiger partial charge in [0, 0.05) is 0 Å². The Labute approximate surface area is 121 Å². The van der Waals surface area contributed by atoms with Crippen LogP contribution in [0, 0.1) is 0 Å². The number of carbonyl (C=O) groups excluding carboxylic acids is 2. The summed E-state index contributed by atoms with van der Waals surface area (Å²) in [6.07, 6.45) is 0. The maximum Gasteiger partial charge on any atom is 0.337 e. The first-order valence-electron chi connectivity index (χ1n) is 6.07. The van der Waals surface area contributed by atoms with Crippen LogP contribution in [0.5, 0.6) is 11.5 Å². The number of anilines is 1. The average Bonchev–Trinajstić information content (AvgIpc) is 2.49. The van der Waals surface area contributed by atoms with Crippen molar-refractivity contribution < 1.29 is 19.1 Å². The quantitative estimate of drug-likeness (QED) is 0.660. The van der Waals surface area contributed by atoms with E-state index in [-0.39, 0.29) is 17.1 Å². The van der Waals surface area contributed by atoms with Crippen molar-refractivity contribution >= 4 is 17.6 Å². The minimum atomic E-state index is -0.617. The number of nitrogens with two attached hydrogens (primary N) is 2. The number of ether oxygens (including phenoxy) is 2. The molecular formula is C15H14N2O4. The lowest BCUT2D eigenvalue weighted by Crippen LogP contribution is -2.12. The van der Waals surface area contributed by atoms with E-state index in [2.05, 4.69) is 4.74 Å². The van der Waals surface area contributed by atoms with Crippen LogP contribution in [0.25, 0.3) is 0 Å². The molecule has 6 nitrogen and oxygen atoms in total. The van der Waals surface area contributed by atoms with E-state index in [0.717, 1.165) is 0 Å². The van der Waals surface area contributed by atoms with E-state index in [9.17, 15) is 9.59 Å². The third kappa shape index (κ3) is 3.11. The summed E-state index contributed by atoms with van der Waals surface area (Å²) in [7, 11) is 1.28. The van der Waals surface area contributed by atoms with Gasteiger partial charge in [0.25, 0.3) is 5.91 Å². The molecule has 0 unspecified atom stereocenters. The van der Waals surface area contributed by atoms with E-state index in [4.69, 9.17) is 16.2 Å². The molecule has 0 aliphatic carbocycles. The lowest BCUT2D eigenvalue weighted by Gasteiger charge is -2.12. The molecule has 1 amide bonds. The lowest BCUT2D eigenvalue weighted by molar-refractivity contribution is 0.0600. The molecule has 0 radical (unpaired) electrons. The number of hydrogen-bond donors (Lipinski definition) is 2. The molecule has 0 fully saturated rings. The number of esters is 1. The van der Waals surface area contributed by atoms with Crippen molar-refractivity contribution in [3.8, 4) is 11.5 Å². The molecule has 4 N–H and O–H groups in total. The Bertz CT molecular complexity index is 698. The first-order valence-corrected chi connectivity index (χ1v) is 6.07. The number of hydrogen-bond acceptors (Lipinski definition) is 5. The van der Waals surface area contributed by atoms with E-state index in [1.165, 1.54) is 31.4 Å². The Morgan fingerprint density at radius 3 is 2.43 bits per heavy atom. The van der Waals surface area contributed by atoms with Crippen molar-refractivity contribution in [3.05, 3.63) is 53.6 Å². The van der Waals surface area contributed by atoms with Crippen LogP contribution < -0.4 is 16.2 Å². The van der Waals surface area contributed by atoms with Crippen molar-refractivity contribution in [1.82, 2.24) is 0 Å². The van der Waals surface area contributed by atoms with Crippen LogP contribution in [0.1, 0.15) is 20.7 Å². The minimum absolute atomic E-state index is 0.223. The molecule has 2 aromatic rings. The summed E-state index contributed by atoms with van der Waals surface area (Å²) in [4.78, 5) is 22.9. The summed E-state index contributed by atoms with van der Waals surface area (Å²) < 4.78 is 10.2. The van der Waals surface area contributed by atoms with Crippen molar-refractivity contribution in [3.63, 3.8) is 0 Å². The zero-order valence-corrected chi connectivity index (χ0v) is 11.3. The van der Waals surface area contributed by atoms with Crippen LogP contribution in [0.15, 0.2) is 42.5 Å². The van der Waals surface area contributed by atoms with Crippen molar-refractivity contribution in [2.75, 3.05) is 12.8 Å². The summed E-state index contributed by atoms with van der Waals surface area (Å²) >= 11 is 0. The third-order valence-electron chi connectivity index (χ3n) is 2.81. The fourth-order valence-electron chi connectivity index (χ4n) is 1.75. The summed E-state index contributed by atoms with van der Waals surface area (Å²) in [5, 5.41) is 0. The Hall–Kier alpha value is -3.02. The Kier molecular flexibility index (Phi) is 4.08. The first kappa shape index (κ1) is 14.4. The standard InChI is InChI=1S/C15H14N2O4/c1-20-15(19)9-6-7-11(16)13(8-9)21-12-5-3-2-4-10(12)14(17)18/h2-8H,16H2,1H3,(H2,17,18). The summed E-state index contributed by atoms with van der Waals surface area (Å²) in [5.74, 6) is -0.623. The average molecular weight is 286 g/mol. The predicted octanol–water partition coefficient (Wildman–Crippen LogP) is 1.95. The Morgan fingerprint density at radius 2 is 1.76 bits per heavy atom. The highest BCUT2D eigenvalue weighted by Crippen LogP contribution is 2.30. The highest BCUT2D eigenvalue weighted by Gasteiger charge is 2.13. The second-order valence-electron chi connectivity index (χ2n) is 4.21. The maximum absolute atomic E-state index is 11.5. The number of benzene rings is 2. The number of methoxy groups -OCH3 is 1. The number of carbonyl (C=O) groups is 2. The van der Waals surface area contributed by atoms with Gasteiger partial charge in [-0.15, -0.1) is 0 Å². The van der Waals surface area contributed by atoms with E-state index in [0.29, 0.717) is 11.3 Å². The Balaban J connectivity index is 2.40. The molecule has 0 spiro atoms. The molecule has 0 aliphatic rings. The van der Waals surface area contributed by atoms with Crippen LogP contribution >= 0.6 is 0 Å². The monoisotopic (exact) mass is 286 g/mol. The minimum Gasteiger partial charge on any atom is -0.465 e. The van der Waals surface area contributed by atoms with Gasteiger partial charge in [-0.2, -0.15) is 0 Å². The highest BCUT2D eigenvalue weighted by molar-refractivity contribution is 5.96. The van der Waals surface area contributed by atoms with Crippen LogP contribution in [-0.2, 0) is 4.74 Å². The Morgan fingerprint density at radius 1 is 1.05 bits per heavy atom. The van der Waals surface area contributed by atoms with Crippen LogP contribution in [0.2, 0.25) is 0 Å². The molecule has 2 aromatic carbocycles. The zero-order chi connectivity index (χ0) is 15.4. The molecule has 0 saturated carbocycles. The van der Waals surface area contributed by atoms with Gasteiger partial charge in [-0.3, -0.25) is 4.79 Å². The second kappa shape index (κ2) is 5.96. The first-order chi connectivity index (χ1) is 10.0. The highest BCUT2D eigenvalue weighted by atomic mass is 16.5. The fraction of sp³-hybridized carbons (Fsp3) is 0.0667. The molecule has 21 heavy (non-hydrogen) atoms. The van der Waals surface area contributed by atoms with Gasteiger partial charge in [-0.05, 0) is 30.3 Å². The number of primary amides is 1. The molecule has 6 heteroatoms. The van der Waals surface area contributed by atoms with Crippen molar-refractivity contribution in [2.45, 2.75) is 0 Å². The fourth-order valence-corrected chi connectivity index (χ4v) is 1.75. The SMILES string of the molecule is COC(=O)c1ccc(N)c(Oc2ccccc2C(N)=O)c1. The largest absolute Gasteiger partial charge is 0.465 e. The third-order valence-corrected chi connectivity index (χ3v) is 2.81. The van der Waals surface area contributed by atoms with Crippen molar-refractivity contribution in [1.29, 1.82) is 0 Å². The summed E-state index contributed by atoms with van der Waals surface area (Å²) in [6.45, 7) is 0. The molecular weight excluding hydrogens is 272 g/mol. The van der Waals surface area contributed by atoms with E-state index >= 15 is 0 Å². The predicted molar refractivity (Wildman–Crippen MR) is 77.2 cm³/mol. The van der Waals surface area contributed by atoms with E-state index in [1.54, 1.807) is 18.2 Å². The molecule has 108 valence electrons. The van der Waals surface area contributed by atoms with Gasteiger partial charge >= 0.3 is 5.97 Å². The molecule has 0 atom stereocenters. The zero-order valence-electron chi connectivity index (χ0n) is 11.3.